The molecule has 1 aliphatic carbocycles. The van der Waals surface area contributed by atoms with Crippen molar-refractivity contribution in [2.45, 2.75) is 6.92 Å². The van der Waals surface area contributed by atoms with Crippen LogP contribution in [0.2, 0.25) is 0 Å². The lowest BCUT2D eigenvalue weighted by molar-refractivity contribution is 0.916. The summed E-state index contributed by atoms with van der Waals surface area (Å²) >= 11 is 3.36. The predicted octanol–water partition coefficient (Wildman–Crippen LogP) is 2.35. The van der Waals surface area contributed by atoms with Gasteiger partial charge in [-0.15, -0.1) is 0 Å². The SMILES string of the molecule is CCN/C=C1/C=C(Br)C=CC1=N. The molecule has 0 fully saturated rings. The van der Waals surface area contributed by atoms with E-state index in [2.05, 4.69) is 21.2 Å². The smallest absolute Gasteiger partial charge is 0.0627 e. The van der Waals surface area contributed by atoms with Gasteiger partial charge in [0.25, 0.3) is 0 Å². The Hall–Kier alpha value is -0.830. The van der Waals surface area contributed by atoms with Crippen LogP contribution >= 0.6 is 15.9 Å². The van der Waals surface area contributed by atoms with Gasteiger partial charge >= 0.3 is 0 Å². The van der Waals surface area contributed by atoms with Gasteiger partial charge in [0.1, 0.15) is 0 Å². The minimum absolute atomic E-state index is 0.541. The largest absolute Gasteiger partial charge is 0.391 e. The van der Waals surface area contributed by atoms with Crippen LogP contribution in [0.25, 0.3) is 0 Å². The van der Waals surface area contributed by atoms with Crippen molar-refractivity contribution in [2.75, 3.05) is 6.54 Å². The van der Waals surface area contributed by atoms with Gasteiger partial charge in [-0.25, -0.2) is 0 Å². The average molecular weight is 227 g/mol. The summed E-state index contributed by atoms with van der Waals surface area (Å²) in [7, 11) is 0. The van der Waals surface area contributed by atoms with E-state index in [-0.39, 0.29) is 0 Å². The highest BCUT2D eigenvalue weighted by molar-refractivity contribution is 9.11. The molecule has 0 amide bonds. The molecule has 0 atom stereocenters. The van der Waals surface area contributed by atoms with Gasteiger partial charge in [0, 0.05) is 22.8 Å². The number of allylic oxidation sites excluding steroid dienone is 5. The van der Waals surface area contributed by atoms with Gasteiger partial charge in [-0.05, 0) is 25.2 Å². The molecule has 1 rings (SSSR count). The molecule has 0 heterocycles. The van der Waals surface area contributed by atoms with Crippen LogP contribution in [0.3, 0.4) is 0 Å². The Morgan fingerprint density at radius 1 is 1.58 bits per heavy atom. The maximum atomic E-state index is 7.55. The van der Waals surface area contributed by atoms with E-state index in [1.54, 1.807) is 6.08 Å². The Balaban J connectivity index is 2.77. The fraction of sp³-hybridized carbons (Fsp3) is 0.222. The minimum atomic E-state index is 0.541. The first-order chi connectivity index (χ1) is 5.74. The quantitative estimate of drug-likeness (QED) is 0.746. The predicted molar refractivity (Wildman–Crippen MR) is 55.6 cm³/mol. The number of rotatable bonds is 2. The van der Waals surface area contributed by atoms with Gasteiger partial charge in [-0.3, -0.25) is 0 Å². The zero-order valence-electron chi connectivity index (χ0n) is 6.89. The fourth-order valence-electron chi connectivity index (χ4n) is 0.865. The summed E-state index contributed by atoms with van der Waals surface area (Å²) in [4.78, 5) is 0. The van der Waals surface area contributed by atoms with Crippen molar-refractivity contribution in [2.24, 2.45) is 0 Å². The Morgan fingerprint density at radius 3 is 3.00 bits per heavy atom. The summed E-state index contributed by atoms with van der Waals surface area (Å²) in [6, 6.07) is 0. The van der Waals surface area contributed by atoms with E-state index in [1.165, 1.54) is 0 Å². The molecular weight excluding hydrogens is 216 g/mol. The van der Waals surface area contributed by atoms with E-state index >= 15 is 0 Å². The lowest BCUT2D eigenvalue weighted by Crippen LogP contribution is -2.08. The zero-order chi connectivity index (χ0) is 8.97. The maximum Gasteiger partial charge on any atom is 0.0627 e. The Morgan fingerprint density at radius 2 is 2.33 bits per heavy atom. The van der Waals surface area contributed by atoms with E-state index in [1.807, 2.05) is 25.3 Å². The van der Waals surface area contributed by atoms with Gasteiger partial charge in [-0.2, -0.15) is 0 Å². The van der Waals surface area contributed by atoms with Gasteiger partial charge < -0.3 is 10.7 Å². The number of nitrogens with one attached hydrogen (secondary N) is 2. The van der Waals surface area contributed by atoms with E-state index in [9.17, 15) is 0 Å². The third-order valence-corrected chi connectivity index (χ3v) is 1.97. The van der Waals surface area contributed by atoms with Crippen molar-refractivity contribution >= 4 is 21.6 Å². The molecule has 64 valence electrons. The first-order valence-corrected chi connectivity index (χ1v) is 4.61. The molecule has 3 heteroatoms. The van der Waals surface area contributed by atoms with E-state index in [0.717, 1.165) is 16.6 Å². The highest BCUT2D eigenvalue weighted by Gasteiger charge is 2.03. The van der Waals surface area contributed by atoms with Gasteiger partial charge in [0.05, 0.1) is 5.71 Å². The van der Waals surface area contributed by atoms with Crippen molar-refractivity contribution < 1.29 is 0 Å². The third-order valence-electron chi connectivity index (χ3n) is 1.48. The van der Waals surface area contributed by atoms with Crippen LogP contribution in [-0.4, -0.2) is 12.3 Å². The highest BCUT2D eigenvalue weighted by atomic mass is 79.9. The van der Waals surface area contributed by atoms with E-state index < -0.39 is 0 Å². The molecule has 0 aromatic carbocycles. The molecule has 1 aliphatic rings. The van der Waals surface area contributed by atoms with Crippen LogP contribution in [0.4, 0.5) is 0 Å². The molecule has 0 spiro atoms. The topological polar surface area (TPSA) is 35.9 Å². The second kappa shape index (κ2) is 4.26. The summed E-state index contributed by atoms with van der Waals surface area (Å²) in [6.45, 7) is 2.91. The fourth-order valence-corrected chi connectivity index (χ4v) is 1.24. The molecular formula is C9H11BrN2. The van der Waals surface area contributed by atoms with Crippen LogP contribution in [0.5, 0.6) is 0 Å². The highest BCUT2D eigenvalue weighted by Crippen LogP contribution is 2.16. The molecule has 0 aliphatic heterocycles. The van der Waals surface area contributed by atoms with Crippen molar-refractivity contribution in [3.05, 3.63) is 34.5 Å². The molecule has 12 heavy (non-hydrogen) atoms. The Bertz CT molecular complexity index is 274. The van der Waals surface area contributed by atoms with Crippen LogP contribution in [0.1, 0.15) is 6.92 Å². The lowest BCUT2D eigenvalue weighted by atomic mass is 10.1. The van der Waals surface area contributed by atoms with E-state index in [0.29, 0.717) is 5.71 Å². The Kier molecular flexibility index (Phi) is 3.29. The van der Waals surface area contributed by atoms with Crippen molar-refractivity contribution in [3.8, 4) is 0 Å². The molecule has 0 saturated carbocycles. The first-order valence-electron chi connectivity index (χ1n) is 3.82. The van der Waals surface area contributed by atoms with Gasteiger partial charge in [0.2, 0.25) is 0 Å². The molecule has 0 bridgehead atoms. The number of halogens is 1. The van der Waals surface area contributed by atoms with Crippen LogP contribution in [0, 0.1) is 5.41 Å². The van der Waals surface area contributed by atoms with Crippen LogP contribution in [-0.2, 0) is 0 Å². The van der Waals surface area contributed by atoms with Crippen molar-refractivity contribution in [3.63, 3.8) is 0 Å². The number of hydrogen-bond acceptors (Lipinski definition) is 2. The summed E-state index contributed by atoms with van der Waals surface area (Å²) in [5.41, 5.74) is 1.45. The van der Waals surface area contributed by atoms with Crippen LogP contribution < -0.4 is 5.32 Å². The lowest BCUT2D eigenvalue weighted by Gasteiger charge is -2.06. The summed E-state index contributed by atoms with van der Waals surface area (Å²) in [5, 5.41) is 10.6. The monoisotopic (exact) mass is 226 g/mol. The summed E-state index contributed by atoms with van der Waals surface area (Å²) < 4.78 is 1.00. The molecule has 0 aromatic heterocycles. The molecule has 0 radical (unpaired) electrons. The molecule has 0 saturated heterocycles. The zero-order valence-corrected chi connectivity index (χ0v) is 8.48. The minimum Gasteiger partial charge on any atom is -0.391 e. The average Bonchev–Trinajstić information content (AvgIpc) is 2.07. The van der Waals surface area contributed by atoms with Crippen molar-refractivity contribution in [1.29, 1.82) is 5.41 Å². The molecule has 2 nitrogen and oxygen atoms in total. The third kappa shape index (κ3) is 2.34. The summed E-state index contributed by atoms with van der Waals surface area (Å²) in [6.07, 6.45) is 7.41. The number of hydrogen-bond donors (Lipinski definition) is 2. The molecule has 2 N–H and O–H groups in total. The second-order valence-electron chi connectivity index (χ2n) is 2.43. The first kappa shape index (κ1) is 9.26. The summed E-state index contributed by atoms with van der Waals surface area (Å²) in [5.74, 6) is 0. The normalized spacial score (nSPS) is 19.7. The standard InChI is InChI=1S/C9H11BrN2/c1-2-12-6-7-5-8(10)3-4-9(7)11/h3-6,11-12H,2H2,1H3/b7-6-,11-9?. The van der Waals surface area contributed by atoms with Crippen molar-refractivity contribution in [1.82, 2.24) is 5.32 Å². The second-order valence-corrected chi connectivity index (χ2v) is 3.35. The van der Waals surface area contributed by atoms with Crippen LogP contribution in [0.15, 0.2) is 34.5 Å². The molecule has 0 unspecified atom stereocenters. The van der Waals surface area contributed by atoms with E-state index in [4.69, 9.17) is 5.41 Å². The maximum absolute atomic E-state index is 7.55. The van der Waals surface area contributed by atoms with Gasteiger partial charge in [0.15, 0.2) is 0 Å². The Labute approximate surface area is 80.7 Å². The van der Waals surface area contributed by atoms with Gasteiger partial charge in [-0.1, -0.05) is 15.9 Å². The molecule has 0 aromatic rings.